The normalized spacial score (nSPS) is 26.9. The number of piperidine rings is 1. The van der Waals surface area contributed by atoms with Crippen LogP contribution in [0, 0.1) is 17.2 Å². The summed E-state index contributed by atoms with van der Waals surface area (Å²) in [4.78, 5) is 11.9. The Hall–Kier alpha value is -1.60. The fraction of sp³-hybridized carbons (Fsp3) is 0.500. The van der Waals surface area contributed by atoms with Gasteiger partial charge in [-0.2, -0.15) is 5.26 Å². The second kappa shape index (κ2) is 3.46. The second-order valence-electron chi connectivity index (χ2n) is 4.69. The van der Waals surface area contributed by atoms with Gasteiger partial charge in [0.15, 0.2) is 0 Å². The summed E-state index contributed by atoms with van der Waals surface area (Å²) in [6.45, 7) is 2.72. The summed E-state index contributed by atoms with van der Waals surface area (Å²) in [7, 11) is 0. The van der Waals surface area contributed by atoms with Crippen molar-refractivity contribution < 1.29 is 0 Å². The molecule has 1 aromatic heterocycles. The number of pyridine rings is 1. The third-order valence-corrected chi connectivity index (χ3v) is 3.59. The molecule has 2 bridgehead atoms. The maximum Gasteiger partial charge on any atom is 0.252 e. The highest BCUT2D eigenvalue weighted by molar-refractivity contribution is 5.32. The van der Waals surface area contributed by atoms with Gasteiger partial charge in [0.1, 0.15) is 0 Å². The molecule has 4 nitrogen and oxygen atoms in total. The molecule has 4 heteroatoms. The van der Waals surface area contributed by atoms with Crippen LogP contribution in [0.5, 0.6) is 0 Å². The highest BCUT2D eigenvalue weighted by Gasteiger charge is 2.30. The van der Waals surface area contributed by atoms with Crippen molar-refractivity contribution >= 4 is 0 Å². The van der Waals surface area contributed by atoms with Crippen molar-refractivity contribution in [2.75, 3.05) is 13.1 Å². The largest absolute Gasteiger partial charge is 0.316 e. The van der Waals surface area contributed by atoms with Crippen LogP contribution < -0.4 is 10.9 Å². The molecule has 2 aliphatic rings. The molecule has 0 radical (unpaired) electrons. The van der Waals surface area contributed by atoms with Crippen molar-refractivity contribution in [3.05, 3.63) is 33.7 Å². The molecule has 3 rings (SSSR count). The van der Waals surface area contributed by atoms with Gasteiger partial charge in [0.05, 0.1) is 11.6 Å². The summed E-state index contributed by atoms with van der Waals surface area (Å²) in [5.41, 5.74) is 1.50. The van der Waals surface area contributed by atoms with Crippen molar-refractivity contribution in [3.63, 3.8) is 0 Å². The molecule has 1 aromatic rings. The molecule has 2 atom stereocenters. The van der Waals surface area contributed by atoms with Crippen LogP contribution in [0.15, 0.2) is 16.9 Å². The number of fused-ring (bicyclic) bond motifs is 4. The van der Waals surface area contributed by atoms with Crippen LogP contribution >= 0.6 is 0 Å². The highest BCUT2D eigenvalue weighted by atomic mass is 16.1. The minimum atomic E-state index is -0.0225. The van der Waals surface area contributed by atoms with Crippen molar-refractivity contribution in [3.8, 4) is 6.07 Å². The fourth-order valence-corrected chi connectivity index (χ4v) is 2.87. The van der Waals surface area contributed by atoms with Gasteiger partial charge in [0.2, 0.25) is 0 Å². The standard InChI is InChI=1S/C12H13N3O/c13-4-8-2-11-10-1-9(5-14-6-10)7-15(11)12(16)3-8/h2-3,9-10,14H,1,5-7H2/t9?,10-/m0/s1. The number of rotatable bonds is 0. The summed E-state index contributed by atoms with van der Waals surface area (Å²) in [6.07, 6.45) is 1.14. The minimum absolute atomic E-state index is 0.0225. The van der Waals surface area contributed by atoms with Crippen molar-refractivity contribution in [1.82, 2.24) is 9.88 Å². The van der Waals surface area contributed by atoms with E-state index < -0.39 is 0 Å². The zero-order valence-corrected chi connectivity index (χ0v) is 8.94. The van der Waals surface area contributed by atoms with Crippen LogP contribution in [0.2, 0.25) is 0 Å². The predicted molar refractivity (Wildman–Crippen MR) is 59.1 cm³/mol. The minimum Gasteiger partial charge on any atom is -0.316 e. The number of hydrogen-bond acceptors (Lipinski definition) is 3. The first-order valence-corrected chi connectivity index (χ1v) is 5.63. The Morgan fingerprint density at radius 2 is 2.31 bits per heavy atom. The average Bonchev–Trinajstić information content (AvgIpc) is 2.31. The Kier molecular flexibility index (Phi) is 2.08. The molecular formula is C12H13N3O. The van der Waals surface area contributed by atoms with Gasteiger partial charge in [-0.3, -0.25) is 4.79 Å². The lowest BCUT2D eigenvalue weighted by Crippen LogP contribution is -2.44. The lowest BCUT2D eigenvalue weighted by atomic mass is 9.84. The molecule has 1 N–H and O–H groups in total. The van der Waals surface area contributed by atoms with Crippen molar-refractivity contribution in [2.24, 2.45) is 5.92 Å². The first kappa shape index (κ1) is 9.61. The molecule has 3 heterocycles. The first-order chi connectivity index (χ1) is 7.78. The van der Waals surface area contributed by atoms with Gasteiger partial charge in [-0.15, -0.1) is 0 Å². The molecule has 0 aliphatic carbocycles. The zero-order chi connectivity index (χ0) is 11.1. The maximum atomic E-state index is 11.9. The summed E-state index contributed by atoms with van der Waals surface area (Å²) in [6, 6.07) is 5.37. The summed E-state index contributed by atoms with van der Waals surface area (Å²) < 4.78 is 1.85. The predicted octanol–water partition coefficient (Wildman–Crippen LogP) is 0.427. The number of hydrogen-bond donors (Lipinski definition) is 1. The van der Waals surface area contributed by atoms with E-state index in [0.29, 0.717) is 17.4 Å². The topological polar surface area (TPSA) is 57.8 Å². The second-order valence-corrected chi connectivity index (χ2v) is 4.69. The van der Waals surface area contributed by atoms with Crippen LogP contribution in [0.25, 0.3) is 0 Å². The smallest absolute Gasteiger partial charge is 0.252 e. The number of nitriles is 1. The van der Waals surface area contributed by atoms with E-state index in [1.165, 1.54) is 6.07 Å². The van der Waals surface area contributed by atoms with Crippen LogP contribution in [0.1, 0.15) is 23.6 Å². The van der Waals surface area contributed by atoms with Gasteiger partial charge in [-0.05, 0) is 24.9 Å². The Balaban J connectivity index is 2.17. The van der Waals surface area contributed by atoms with E-state index in [0.717, 1.165) is 31.7 Å². The summed E-state index contributed by atoms with van der Waals surface area (Å²) in [5.74, 6) is 0.963. The van der Waals surface area contributed by atoms with E-state index >= 15 is 0 Å². The lowest BCUT2D eigenvalue weighted by Gasteiger charge is -2.37. The fourth-order valence-electron chi connectivity index (χ4n) is 2.87. The molecular weight excluding hydrogens is 202 g/mol. The average molecular weight is 215 g/mol. The van der Waals surface area contributed by atoms with Crippen LogP contribution in [-0.2, 0) is 6.54 Å². The number of aromatic nitrogens is 1. The highest BCUT2D eigenvalue weighted by Crippen LogP contribution is 2.31. The third-order valence-electron chi connectivity index (χ3n) is 3.59. The van der Waals surface area contributed by atoms with E-state index in [-0.39, 0.29) is 5.56 Å². The van der Waals surface area contributed by atoms with Crippen molar-refractivity contribution in [1.29, 1.82) is 5.26 Å². The molecule has 0 amide bonds. The van der Waals surface area contributed by atoms with E-state index in [9.17, 15) is 4.79 Å². The molecule has 2 aliphatic heterocycles. The molecule has 0 aromatic carbocycles. The maximum absolute atomic E-state index is 11.9. The quantitative estimate of drug-likeness (QED) is 0.682. The van der Waals surface area contributed by atoms with E-state index in [4.69, 9.17) is 5.26 Å². The van der Waals surface area contributed by atoms with Gasteiger partial charge >= 0.3 is 0 Å². The Morgan fingerprint density at radius 3 is 3.12 bits per heavy atom. The van der Waals surface area contributed by atoms with Gasteiger partial charge in [0.25, 0.3) is 5.56 Å². The Morgan fingerprint density at radius 1 is 1.44 bits per heavy atom. The Labute approximate surface area is 93.5 Å². The third kappa shape index (κ3) is 1.36. The van der Waals surface area contributed by atoms with Crippen LogP contribution in [0.3, 0.4) is 0 Å². The molecule has 16 heavy (non-hydrogen) atoms. The number of nitrogens with zero attached hydrogens (tertiary/aromatic N) is 2. The van der Waals surface area contributed by atoms with E-state index in [2.05, 4.69) is 11.4 Å². The lowest BCUT2D eigenvalue weighted by molar-refractivity contribution is 0.257. The van der Waals surface area contributed by atoms with Gasteiger partial charge in [-0.25, -0.2) is 0 Å². The monoisotopic (exact) mass is 215 g/mol. The molecule has 0 saturated carbocycles. The summed E-state index contributed by atoms with van der Waals surface area (Å²) in [5, 5.41) is 12.3. The van der Waals surface area contributed by atoms with Gasteiger partial charge < -0.3 is 9.88 Å². The van der Waals surface area contributed by atoms with Crippen LogP contribution in [-0.4, -0.2) is 17.7 Å². The summed E-state index contributed by atoms with van der Waals surface area (Å²) >= 11 is 0. The van der Waals surface area contributed by atoms with Crippen molar-refractivity contribution in [2.45, 2.75) is 18.9 Å². The Bertz CT molecular complexity index is 526. The molecule has 82 valence electrons. The first-order valence-electron chi connectivity index (χ1n) is 5.63. The molecule has 1 saturated heterocycles. The van der Waals surface area contributed by atoms with E-state index in [1.807, 2.05) is 10.6 Å². The molecule has 1 fully saturated rings. The number of nitrogens with one attached hydrogen (secondary N) is 1. The van der Waals surface area contributed by atoms with Gasteiger partial charge in [-0.1, -0.05) is 0 Å². The molecule has 0 spiro atoms. The SMILES string of the molecule is N#Cc1cc2n(c(=O)c1)CC1CNC[C@@H]2C1. The van der Waals surface area contributed by atoms with Gasteiger partial charge in [0, 0.05) is 30.8 Å². The molecule has 1 unspecified atom stereocenters. The van der Waals surface area contributed by atoms with E-state index in [1.54, 1.807) is 0 Å². The van der Waals surface area contributed by atoms with Crippen LogP contribution in [0.4, 0.5) is 0 Å². The zero-order valence-electron chi connectivity index (χ0n) is 8.94.